The smallest absolute Gasteiger partial charge is 0.231 e. The fraction of sp³-hybridized carbons (Fsp3) is 0.429. The van der Waals surface area contributed by atoms with Crippen LogP contribution in [0.15, 0.2) is 24.3 Å². The Bertz CT molecular complexity index is 462. The van der Waals surface area contributed by atoms with Gasteiger partial charge in [-0.1, -0.05) is 19.9 Å². The molecule has 1 atom stereocenters. The van der Waals surface area contributed by atoms with Gasteiger partial charge in [-0.25, -0.2) is 0 Å². The molecule has 0 heterocycles. The molecular weight excluding hydrogens is 226 g/mol. The molecule has 0 aliphatic heterocycles. The van der Waals surface area contributed by atoms with E-state index in [2.05, 4.69) is 6.07 Å². The molecule has 4 nitrogen and oxygen atoms in total. The highest BCUT2D eigenvalue weighted by atomic mass is 16.2. The summed E-state index contributed by atoms with van der Waals surface area (Å²) < 4.78 is 0. The van der Waals surface area contributed by atoms with Gasteiger partial charge >= 0.3 is 0 Å². The van der Waals surface area contributed by atoms with Gasteiger partial charge in [-0.3, -0.25) is 4.79 Å². The topological polar surface area (TPSA) is 70.1 Å². The monoisotopic (exact) mass is 245 g/mol. The van der Waals surface area contributed by atoms with E-state index in [1.165, 1.54) is 0 Å². The third kappa shape index (κ3) is 3.08. The molecule has 0 spiro atoms. The molecule has 1 unspecified atom stereocenters. The molecule has 1 amide bonds. The van der Waals surface area contributed by atoms with E-state index in [0.29, 0.717) is 12.1 Å². The largest absolute Gasteiger partial charge is 0.330 e. The Morgan fingerprint density at radius 2 is 2.17 bits per heavy atom. The van der Waals surface area contributed by atoms with E-state index in [4.69, 9.17) is 11.0 Å². The van der Waals surface area contributed by atoms with Crippen molar-refractivity contribution < 1.29 is 4.79 Å². The zero-order chi connectivity index (χ0) is 13.7. The van der Waals surface area contributed by atoms with Crippen LogP contribution in [0.1, 0.15) is 19.4 Å². The molecule has 0 saturated heterocycles. The molecule has 96 valence electrons. The van der Waals surface area contributed by atoms with E-state index in [1.807, 2.05) is 19.9 Å². The molecule has 1 aromatic carbocycles. The number of carbonyl (C=O) groups is 1. The molecule has 0 radical (unpaired) electrons. The lowest BCUT2D eigenvalue weighted by Gasteiger charge is -2.25. The first-order chi connectivity index (χ1) is 8.51. The first kappa shape index (κ1) is 14.2. The van der Waals surface area contributed by atoms with Crippen molar-refractivity contribution in [3.05, 3.63) is 29.8 Å². The Labute approximate surface area is 108 Å². The lowest BCUT2D eigenvalue weighted by atomic mass is 9.94. The molecule has 0 fully saturated rings. The van der Waals surface area contributed by atoms with E-state index in [-0.39, 0.29) is 17.7 Å². The second kappa shape index (κ2) is 6.18. The molecule has 18 heavy (non-hydrogen) atoms. The van der Waals surface area contributed by atoms with Crippen LogP contribution in [0.4, 0.5) is 5.69 Å². The summed E-state index contributed by atoms with van der Waals surface area (Å²) in [6.45, 7) is 4.29. The van der Waals surface area contributed by atoms with Crippen LogP contribution in [-0.2, 0) is 4.79 Å². The average Bonchev–Trinajstić information content (AvgIpc) is 2.38. The van der Waals surface area contributed by atoms with Gasteiger partial charge in [0.15, 0.2) is 0 Å². The van der Waals surface area contributed by atoms with E-state index >= 15 is 0 Å². The first-order valence-electron chi connectivity index (χ1n) is 5.99. The average molecular weight is 245 g/mol. The predicted molar refractivity (Wildman–Crippen MR) is 71.9 cm³/mol. The second-order valence-corrected chi connectivity index (χ2v) is 4.65. The number of anilines is 1. The quantitative estimate of drug-likeness (QED) is 0.878. The van der Waals surface area contributed by atoms with Crippen molar-refractivity contribution in [3.8, 4) is 6.07 Å². The van der Waals surface area contributed by atoms with Crippen molar-refractivity contribution >= 4 is 11.6 Å². The van der Waals surface area contributed by atoms with Crippen molar-refractivity contribution in [1.29, 1.82) is 5.26 Å². The molecule has 0 saturated carbocycles. The molecule has 0 aromatic heterocycles. The van der Waals surface area contributed by atoms with Gasteiger partial charge in [0.05, 0.1) is 17.6 Å². The first-order valence-corrected chi connectivity index (χ1v) is 5.99. The lowest BCUT2D eigenvalue weighted by Crippen LogP contribution is -2.39. The number of benzene rings is 1. The Morgan fingerprint density at radius 3 is 2.67 bits per heavy atom. The van der Waals surface area contributed by atoms with Crippen LogP contribution in [0.5, 0.6) is 0 Å². The van der Waals surface area contributed by atoms with Crippen LogP contribution in [0.25, 0.3) is 0 Å². The minimum atomic E-state index is -0.194. The van der Waals surface area contributed by atoms with E-state index < -0.39 is 0 Å². The Hall–Kier alpha value is -1.86. The molecule has 0 aliphatic rings. The summed E-state index contributed by atoms with van der Waals surface area (Å²) >= 11 is 0. The zero-order valence-electron chi connectivity index (χ0n) is 11.1. The van der Waals surface area contributed by atoms with Gasteiger partial charge in [0.25, 0.3) is 0 Å². The maximum absolute atomic E-state index is 12.3. The minimum Gasteiger partial charge on any atom is -0.330 e. The summed E-state index contributed by atoms with van der Waals surface area (Å²) in [6.07, 6.45) is 0. The molecule has 1 aromatic rings. The maximum Gasteiger partial charge on any atom is 0.231 e. The second-order valence-electron chi connectivity index (χ2n) is 4.65. The Kier molecular flexibility index (Phi) is 4.87. The number of hydrogen-bond donors (Lipinski definition) is 1. The molecule has 2 N–H and O–H groups in total. The minimum absolute atomic E-state index is 0.0115. The number of nitriles is 1. The standard InChI is InChI=1S/C14H19N3O/c1-10(2)13(9-16)14(18)17(3)12-6-4-5-11(7-12)8-15/h4-7,10,13H,9,16H2,1-3H3. The summed E-state index contributed by atoms with van der Waals surface area (Å²) in [5.74, 6) is -0.00701. The highest BCUT2D eigenvalue weighted by Crippen LogP contribution is 2.19. The van der Waals surface area contributed by atoms with Crippen molar-refractivity contribution in [1.82, 2.24) is 0 Å². The fourth-order valence-electron chi connectivity index (χ4n) is 1.82. The summed E-state index contributed by atoms with van der Waals surface area (Å²) in [6, 6.07) is 9.06. The van der Waals surface area contributed by atoms with Gasteiger partial charge in [0, 0.05) is 19.3 Å². The third-order valence-electron chi connectivity index (χ3n) is 3.07. The van der Waals surface area contributed by atoms with Gasteiger partial charge in [-0.15, -0.1) is 0 Å². The van der Waals surface area contributed by atoms with Crippen LogP contribution in [0, 0.1) is 23.2 Å². The molecule has 0 aliphatic carbocycles. The third-order valence-corrected chi connectivity index (χ3v) is 3.07. The van der Waals surface area contributed by atoms with E-state index in [9.17, 15) is 4.79 Å². The van der Waals surface area contributed by atoms with Crippen LogP contribution in [0.3, 0.4) is 0 Å². The number of amides is 1. The van der Waals surface area contributed by atoms with Crippen LogP contribution in [-0.4, -0.2) is 19.5 Å². The maximum atomic E-state index is 12.3. The summed E-state index contributed by atoms with van der Waals surface area (Å²) in [4.78, 5) is 13.8. The van der Waals surface area contributed by atoms with Crippen molar-refractivity contribution in [2.24, 2.45) is 17.6 Å². The highest BCUT2D eigenvalue weighted by Gasteiger charge is 2.24. The molecule has 4 heteroatoms. The fourth-order valence-corrected chi connectivity index (χ4v) is 1.82. The van der Waals surface area contributed by atoms with Crippen LogP contribution >= 0.6 is 0 Å². The summed E-state index contributed by atoms with van der Waals surface area (Å²) in [7, 11) is 1.71. The number of hydrogen-bond acceptors (Lipinski definition) is 3. The predicted octanol–water partition coefficient (Wildman–Crippen LogP) is 1.75. The molecule has 0 bridgehead atoms. The van der Waals surface area contributed by atoms with Crippen molar-refractivity contribution in [2.45, 2.75) is 13.8 Å². The lowest BCUT2D eigenvalue weighted by molar-refractivity contribution is -0.123. The summed E-state index contributed by atoms with van der Waals surface area (Å²) in [5, 5.41) is 8.85. The van der Waals surface area contributed by atoms with Crippen LogP contribution < -0.4 is 10.6 Å². The van der Waals surface area contributed by atoms with Gasteiger partial charge in [0.2, 0.25) is 5.91 Å². The number of nitrogens with zero attached hydrogens (tertiary/aromatic N) is 2. The van der Waals surface area contributed by atoms with E-state index in [1.54, 1.807) is 30.1 Å². The Balaban J connectivity index is 2.95. The van der Waals surface area contributed by atoms with Crippen LogP contribution in [0.2, 0.25) is 0 Å². The zero-order valence-corrected chi connectivity index (χ0v) is 11.1. The normalized spacial score (nSPS) is 12.0. The van der Waals surface area contributed by atoms with Crippen molar-refractivity contribution in [3.63, 3.8) is 0 Å². The number of rotatable bonds is 4. The number of nitrogens with two attached hydrogens (primary N) is 1. The van der Waals surface area contributed by atoms with Gasteiger partial charge in [-0.2, -0.15) is 5.26 Å². The van der Waals surface area contributed by atoms with Gasteiger partial charge in [-0.05, 0) is 24.1 Å². The van der Waals surface area contributed by atoms with Gasteiger partial charge < -0.3 is 10.6 Å². The SMILES string of the molecule is CC(C)C(CN)C(=O)N(C)c1cccc(C#N)c1. The van der Waals surface area contributed by atoms with Gasteiger partial charge in [0.1, 0.15) is 0 Å². The molecular formula is C14H19N3O. The summed E-state index contributed by atoms with van der Waals surface area (Å²) in [5.41, 5.74) is 6.91. The van der Waals surface area contributed by atoms with Crippen molar-refractivity contribution in [2.75, 3.05) is 18.5 Å². The highest BCUT2D eigenvalue weighted by molar-refractivity contribution is 5.94. The number of carbonyl (C=O) groups excluding carboxylic acids is 1. The van der Waals surface area contributed by atoms with E-state index in [0.717, 1.165) is 5.69 Å². The molecule has 1 rings (SSSR count). The Morgan fingerprint density at radius 1 is 1.50 bits per heavy atom.